The van der Waals surface area contributed by atoms with Gasteiger partial charge in [0.15, 0.2) is 9.84 Å². The summed E-state index contributed by atoms with van der Waals surface area (Å²) in [5.74, 6) is 2.73. The Balaban J connectivity index is 2.13. The Hall–Kier alpha value is -1.47. The maximum Gasteiger partial charge on any atom is 0.189 e. The van der Waals surface area contributed by atoms with Crippen LogP contribution in [0, 0.1) is 18.3 Å². The maximum atomic E-state index is 11.8. The minimum absolute atomic E-state index is 0.242. The van der Waals surface area contributed by atoms with E-state index in [-0.39, 0.29) is 5.75 Å². The molecule has 2 rings (SSSR count). The Morgan fingerprint density at radius 2 is 1.84 bits per heavy atom. The summed E-state index contributed by atoms with van der Waals surface area (Å²) >= 11 is 0. The lowest BCUT2D eigenvalue weighted by atomic mass is 9.99. The molecular formula is C15H19NO2S. The lowest BCUT2D eigenvalue weighted by Crippen LogP contribution is -2.32. The summed E-state index contributed by atoms with van der Waals surface area (Å²) in [6.07, 6.45) is 7.46. The number of sulfone groups is 1. The monoisotopic (exact) mass is 277 g/mol. The molecule has 0 aliphatic carbocycles. The van der Waals surface area contributed by atoms with E-state index in [4.69, 9.17) is 6.42 Å². The molecule has 0 N–H and O–H groups in total. The van der Waals surface area contributed by atoms with Crippen LogP contribution >= 0.6 is 0 Å². The zero-order valence-corrected chi connectivity index (χ0v) is 12.0. The molecule has 1 aliphatic rings. The predicted octanol–water partition coefficient (Wildman–Crippen LogP) is 2.33. The van der Waals surface area contributed by atoms with Gasteiger partial charge in [-0.1, -0.05) is 12.8 Å². The van der Waals surface area contributed by atoms with Crippen LogP contribution in [0.1, 0.15) is 19.8 Å². The normalized spacial score (nSPS) is 17.2. The average Bonchev–Trinajstić information content (AvgIpc) is 2.40. The summed E-state index contributed by atoms with van der Waals surface area (Å²) in [4.78, 5) is 2.61. The highest BCUT2D eigenvalue weighted by Gasteiger charge is 2.17. The van der Waals surface area contributed by atoms with E-state index in [0.29, 0.717) is 4.90 Å². The number of rotatable bonds is 3. The minimum Gasteiger partial charge on any atom is -0.372 e. The fourth-order valence-corrected chi connectivity index (χ4v) is 3.26. The third-order valence-electron chi connectivity index (χ3n) is 3.62. The summed E-state index contributed by atoms with van der Waals surface area (Å²) in [5, 5.41) is 0. The van der Waals surface area contributed by atoms with Crippen LogP contribution in [-0.4, -0.2) is 27.3 Å². The Bertz CT molecular complexity index is 561. The molecule has 1 fully saturated rings. The SMILES string of the molecule is C#CCS(=O)(=O)c1ccc(N2CCC(C)CC2)cc1. The van der Waals surface area contributed by atoms with Crippen molar-refractivity contribution >= 4 is 15.5 Å². The predicted molar refractivity (Wildman–Crippen MR) is 77.9 cm³/mol. The Morgan fingerprint density at radius 1 is 1.26 bits per heavy atom. The van der Waals surface area contributed by atoms with E-state index in [0.717, 1.165) is 24.7 Å². The quantitative estimate of drug-likeness (QED) is 0.796. The van der Waals surface area contributed by atoms with Gasteiger partial charge in [0.05, 0.1) is 4.90 Å². The highest BCUT2D eigenvalue weighted by atomic mass is 32.2. The van der Waals surface area contributed by atoms with Gasteiger partial charge in [0.2, 0.25) is 0 Å². The molecule has 1 aromatic carbocycles. The first-order chi connectivity index (χ1) is 9.03. The number of benzene rings is 1. The van der Waals surface area contributed by atoms with Gasteiger partial charge >= 0.3 is 0 Å². The van der Waals surface area contributed by atoms with Gasteiger partial charge in [0.1, 0.15) is 5.75 Å². The van der Waals surface area contributed by atoms with Crippen LogP contribution in [0.3, 0.4) is 0 Å². The second-order valence-electron chi connectivity index (χ2n) is 5.13. The molecule has 1 aromatic rings. The molecule has 0 amide bonds. The smallest absolute Gasteiger partial charge is 0.189 e. The molecule has 1 aliphatic heterocycles. The molecule has 0 radical (unpaired) electrons. The molecule has 0 bridgehead atoms. The van der Waals surface area contributed by atoms with Gasteiger partial charge in [0, 0.05) is 18.8 Å². The second kappa shape index (κ2) is 5.66. The van der Waals surface area contributed by atoms with Crippen molar-refractivity contribution in [1.82, 2.24) is 0 Å². The molecule has 0 saturated carbocycles. The molecule has 0 aromatic heterocycles. The van der Waals surface area contributed by atoms with Crippen LogP contribution in [0.15, 0.2) is 29.2 Å². The zero-order valence-electron chi connectivity index (χ0n) is 11.2. The first kappa shape index (κ1) is 14.0. The van der Waals surface area contributed by atoms with Gasteiger partial charge in [0.25, 0.3) is 0 Å². The third-order valence-corrected chi connectivity index (χ3v) is 5.16. The van der Waals surface area contributed by atoms with Gasteiger partial charge in [-0.25, -0.2) is 8.42 Å². The Morgan fingerprint density at radius 3 is 2.37 bits per heavy atom. The van der Waals surface area contributed by atoms with Gasteiger partial charge in [-0.15, -0.1) is 6.42 Å². The van der Waals surface area contributed by atoms with Crippen molar-refractivity contribution in [2.75, 3.05) is 23.7 Å². The van der Waals surface area contributed by atoms with Crippen molar-refractivity contribution in [2.24, 2.45) is 5.92 Å². The van der Waals surface area contributed by atoms with Crippen molar-refractivity contribution in [3.63, 3.8) is 0 Å². The lowest BCUT2D eigenvalue weighted by molar-refractivity contribution is 0.438. The zero-order chi connectivity index (χ0) is 13.9. The molecule has 0 unspecified atom stereocenters. The summed E-state index contributed by atoms with van der Waals surface area (Å²) < 4.78 is 23.6. The number of nitrogens with zero attached hydrogens (tertiary/aromatic N) is 1. The molecule has 0 spiro atoms. The number of piperidine rings is 1. The molecule has 102 valence electrons. The summed E-state index contributed by atoms with van der Waals surface area (Å²) in [5.41, 5.74) is 1.09. The molecule has 1 saturated heterocycles. The third kappa shape index (κ3) is 3.30. The van der Waals surface area contributed by atoms with Gasteiger partial charge in [-0.2, -0.15) is 0 Å². The molecule has 0 atom stereocenters. The van der Waals surface area contributed by atoms with Crippen molar-refractivity contribution in [3.05, 3.63) is 24.3 Å². The highest BCUT2D eigenvalue weighted by Crippen LogP contribution is 2.24. The molecule has 19 heavy (non-hydrogen) atoms. The number of hydrogen-bond donors (Lipinski definition) is 0. The van der Waals surface area contributed by atoms with Crippen LogP contribution in [0.2, 0.25) is 0 Å². The van der Waals surface area contributed by atoms with E-state index in [1.165, 1.54) is 12.8 Å². The largest absolute Gasteiger partial charge is 0.372 e. The van der Waals surface area contributed by atoms with E-state index in [1.807, 2.05) is 12.1 Å². The molecule has 1 heterocycles. The molecular weight excluding hydrogens is 258 g/mol. The first-order valence-corrected chi connectivity index (χ1v) is 8.19. The fraction of sp³-hybridized carbons (Fsp3) is 0.467. The average molecular weight is 277 g/mol. The highest BCUT2D eigenvalue weighted by molar-refractivity contribution is 7.91. The van der Waals surface area contributed by atoms with Crippen molar-refractivity contribution in [2.45, 2.75) is 24.7 Å². The minimum atomic E-state index is -3.32. The lowest BCUT2D eigenvalue weighted by Gasteiger charge is -2.32. The van der Waals surface area contributed by atoms with Crippen LogP contribution < -0.4 is 4.90 Å². The van der Waals surface area contributed by atoms with E-state index >= 15 is 0 Å². The molecule has 3 nitrogen and oxygen atoms in total. The topological polar surface area (TPSA) is 37.4 Å². The summed E-state index contributed by atoms with van der Waals surface area (Å²) in [6, 6.07) is 7.05. The Labute approximate surface area is 115 Å². The van der Waals surface area contributed by atoms with E-state index in [9.17, 15) is 8.42 Å². The second-order valence-corrected chi connectivity index (χ2v) is 7.12. The van der Waals surface area contributed by atoms with Gasteiger partial charge < -0.3 is 4.90 Å². The van der Waals surface area contributed by atoms with Crippen LogP contribution in [0.25, 0.3) is 0 Å². The number of hydrogen-bond acceptors (Lipinski definition) is 3. The van der Waals surface area contributed by atoms with E-state index < -0.39 is 9.84 Å². The van der Waals surface area contributed by atoms with Crippen molar-refractivity contribution in [1.29, 1.82) is 0 Å². The van der Waals surface area contributed by atoms with Crippen LogP contribution in [-0.2, 0) is 9.84 Å². The van der Waals surface area contributed by atoms with Crippen molar-refractivity contribution < 1.29 is 8.42 Å². The molecule has 4 heteroatoms. The van der Waals surface area contributed by atoms with Gasteiger partial charge in [-0.05, 0) is 43.0 Å². The van der Waals surface area contributed by atoms with Crippen LogP contribution in [0.4, 0.5) is 5.69 Å². The first-order valence-electron chi connectivity index (χ1n) is 6.54. The fourth-order valence-electron chi connectivity index (χ4n) is 2.32. The Kier molecular flexibility index (Phi) is 4.16. The standard InChI is InChI=1S/C15H19NO2S/c1-3-12-19(17,18)15-6-4-14(5-7-15)16-10-8-13(2)9-11-16/h1,4-7,13H,8-12H2,2H3. The van der Waals surface area contributed by atoms with E-state index in [2.05, 4.69) is 17.7 Å². The maximum absolute atomic E-state index is 11.8. The summed E-state index contributed by atoms with van der Waals surface area (Å²) in [6.45, 7) is 4.35. The van der Waals surface area contributed by atoms with Crippen molar-refractivity contribution in [3.8, 4) is 12.3 Å². The van der Waals surface area contributed by atoms with E-state index in [1.54, 1.807) is 12.1 Å². The summed E-state index contributed by atoms with van der Waals surface area (Å²) in [7, 11) is -3.32. The number of anilines is 1. The number of terminal acetylenes is 1. The van der Waals surface area contributed by atoms with Crippen LogP contribution in [0.5, 0.6) is 0 Å². The van der Waals surface area contributed by atoms with Gasteiger partial charge in [-0.3, -0.25) is 0 Å².